The van der Waals surface area contributed by atoms with Gasteiger partial charge in [-0.2, -0.15) is 5.10 Å². The third-order valence-electron chi connectivity index (χ3n) is 2.02. The molecule has 0 saturated carbocycles. The summed E-state index contributed by atoms with van der Waals surface area (Å²) in [4.78, 5) is 10.7. The maximum Gasteiger partial charge on any atom is 0.313 e. The number of aromatic nitrogens is 2. The zero-order chi connectivity index (χ0) is 10.0. The molecule has 1 aromatic heterocycles. The van der Waals surface area contributed by atoms with E-state index in [-0.39, 0.29) is 6.54 Å². The average Bonchev–Trinajstić information content (AvgIpc) is 2.32. The first kappa shape index (κ1) is 9.73. The van der Waals surface area contributed by atoms with Gasteiger partial charge in [0.2, 0.25) is 0 Å². The van der Waals surface area contributed by atoms with Gasteiger partial charge in [-0.1, -0.05) is 0 Å². The van der Waals surface area contributed by atoms with E-state index in [1.165, 1.54) is 0 Å². The van der Waals surface area contributed by atoms with E-state index < -0.39 is 11.9 Å². The van der Waals surface area contributed by atoms with Gasteiger partial charge >= 0.3 is 5.97 Å². The predicted molar refractivity (Wildman–Crippen MR) is 47.4 cm³/mol. The summed E-state index contributed by atoms with van der Waals surface area (Å²) in [6.45, 7) is 1.94. The van der Waals surface area contributed by atoms with Crippen molar-refractivity contribution < 1.29 is 9.90 Å². The molecule has 72 valence electrons. The summed E-state index contributed by atoms with van der Waals surface area (Å²) in [7, 11) is 1.77. The Bertz CT molecular complexity index is 300. The predicted octanol–water partition coefficient (Wildman–Crippen LogP) is -0.145. The topological polar surface area (TPSA) is 81.1 Å². The molecule has 3 N–H and O–H groups in total. The van der Waals surface area contributed by atoms with Crippen LogP contribution in [0.5, 0.6) is 0 Å². The molecule has 0 aliphatic heterocycles. The Balaban J connectivity index is 2.98. The summed E-state index contributed by atoms with van der Waals surface area (Å²) < 4.78 is 1.64. The number of carbonyl (C=O) groups is 1. The summed E-state index contributed by atoms with van der Waals surface area (Å²) in [6.07, 6.45) is 0. The number of carboxylic acids is 1. The van der Waals surface area contributed by atoms with Crippen LogP contribution < -0.4 is 5.73 Å². The van der Waals surface area contributed by atoms with Gasteiger partial charge in [0, 0.05) is 19.3 Å². The Hall–Kier alpha value is -1.36. The van der Waals surface area contributed by atoms with Gasteiger partial charge < -0.3 is 10.8 Å². The molecule has 13 heavy (non-hydrogen) atoms. The van der Waals surface area contributed by atoms with Crippen molar-refractivity contribution in [3.8, 4) is 0 Å². The Morgan fingerprint density at radius 3 is 2.77 bits per heavy atom. The molecule has 0 aliphatic carbocycles. The highest BCUT2D eigenvalue weighted by molar-refractivity contribution is 5.75. The van der Waals surface area contributed by atoms with Crippen molar-refractivity contribution in [1.29, 1.82) is 0 Å². The second kappa shape index (κ2) is 3.57. The quantitative estimate of drug-likeness (QED) is 0.683. The van der Waals surface area contributed by atoms with Gasteiger partial charge in [-0.05, 0) is 13.0 Å². The number of carboxylic acid groups (broad SMARTS) is 1. The Morgan fingerprint density at radius 1 is 1.85 bits per heavy atom. The first-order valence-electron chi connectivity index (χ1n) is 3.99. The van der Waals surface area contributed by atoms with E-state index in [0.717, 1.165) is 5.69 Å². The smallest absolute Gasteiger partial charge is 0.313 e. The minimum Gasteiger partial charge on any atom is -0.481 e. The Kier molecular flexibility index (Phi) is 2.67. The van der Waals surface area contributed by atoms with Crippen LogP contribution in [0.3, 0.4) is 0 Å². The molecular weight excluding hydrogens is 170 g/mol. The van der Waals surface area contributed by atoms with Crippen molar-refractivity contribution in [2.75, 3.05) is 6.54 Å². The highest BCUT2D eigenvalue weighted by atomic mass is 16.4. The van der Waals surface area contributed by atoms with E-state index in [4.69, 9.17) is 10.8 Å². The zero-order valence-corrected chi connectivity index (χ0v) is 7.69. The fourth-order valence-corrected chi connectivity index (χ4v) is 1.11. The SMILES string of the molecule is Cc1cc(C(CN)C(=O)O)nn1C. The maximum absolute atomic E-state index is 10.7. The second-order valence-electron chi connectivity index (χ2n) is 2.96. The van der Waals surface area contributed by atoms with Crippen molar-refractivity contribution in [3.05, 3.63) is 17.5 Å². The normalized spacial score (nSPS) is 12.8. The standard InChI is InChI=1S/C8H13N3O2/c1-5-3-7(10-11(5)2)6(4-9)8(12)13/h3,6H,4,9H2,1-2H3,(H,12,13). The van der Waals surface area contributed by atoms with Crippen LogP contribution >= 0.6 is 0 Å². The maximum atomic E-state index is 10.7. The third kappa shape index (κ3) is 1.86. The van der Waals surface area contributed by atoms with E-state index in [9.17, 15) is 4.79 Å². The summed E-state index contributed by atoms with van der Waals surface area (Å²) in [5.74, 6) is -1.62. The molecule has 0 aromatic carbocycles. The molecule has 1 unspecified atom stereocenters. The highest BCUT2D eigenvalue weighted by Gasteiger charge is 2.20. The molecule has 1 rings (SSSR count). The van der Waals surface area contributed by atoms with E-state index in [0.29, 0.717) is 5.69 Å². The number of aryl methyl sites for hydroxylation is 2. The lowest BCUT2D eigenvalue weighted by atomic mass is 10.1. The lowest BCUT2D eigenvalue weighted by Gasteiger charge is -2.04. The number of hydrogen-bond acceptors (Lipinski definition) is 3. The van der Waals surface area contributed by atoms with Crippen LogP contribution in [0.15, 0.2) is 6.07 Å². The van der Waals surface area contributed by atoms with E-state index in [2.05, 4.69) is 5.10 Å². The van der Waals surface area contributed by atoms with Crippen molar-refractivity contribution >= 4 is 5.97 Å². The molecule has 1 atom stereocenters. The van der Waals surface area contributed by atoms with Crippen molar-refractivity contribution in [3.63, 3.8) is 0 Å². The number of nitrogens with zero attached hydrogens (tertiary/aromatic N) is 2. The second-order valence-corrected chi connectivity index (χ2v) is 2.96. The van der Waals surface area contributed by atoms with Crippen molar-refractivity contribution in [2.24, 2.45) is 12.8 Å². The number of hydrogen-bond donors (Lipinski definition) is 2. The summed E-state index contributed by atoms with van der Waals surface area (Å²) >= 11 is 0. The largest absolute Gasteiger partial charge is 0.481 e. The van der Waals surface area contributed by atoms with E-state index in [1.54, 1.807) is 17.8 Å². The molecule has 1 aromatic rings. The fourth-order valence-electron chi connectivity index (χ4n) is 1.11. The van der Waals surface area contributed by atoms with Gasteiger partial charge in [0.05, 0.1) is 5.69 Å². The molecule has 0 spiro atoms. The van der Waals surface area contributed by atoms with E-state index >= 15 is 0 Å². The van der Waals surface area contributed by atoms with Crippen LogP contribution in [-0.4, -0.2) is 27.4 Å². The summed E-state index contributed by atoms with van der Waals surface area (Å²) in [5, 5.41) is 12.9. The first-order chi connectivity index (χ1) is 6.06. The fraction of sp³-hybridized carbons (Fsp3) is 0.500. The van der Waals surface area contributed by atoms with Crippen LogP contribution in [0.2, 0.25) is 0 Å². The average molecular weight is 183 g/mol. The minimum atomic E-state index is -0.930. The minimum absolute atomic E-state index is 0.0752. The Labute approximate surface area is 76.2 Å². The van der Waals surface area contributed by atoms with Crippen molar-refractivity contribution in [1.82, 2.24) is 9.78 Å². The Morgan fingerprint density at radius 2 is 2.46 bits per heavy atom. The van der Waals surface area contributed by atoms with Crippen LogP contribution in [0.4, 0.5) is 0 Å². The van der Waals surface area contributed by atoms with Crippen LogP contribution in [0.25, 0.3) is 0 Å². The van der Waals surface area contributed by atoms with Gasteiger partial charge in [-0.3, -0.25) is 9.48 Å². The molecular formula is C8H13N3O2. The van der Waals surface area contributed by atoms with Crippen molar-refractivity contribution in [2.45, 2.75) is 12.8 Å². The molecule has 5 nitrogen and oxygen atoms in total. The molecule has 0 radical (unpaired) electrons. The van der Waals surface area contributed by atoms with Gasteiger partial charge in [-0.25, -0.2) is 0 Å². The van der Waals surface area contributed by atoms with Gasteiger partial charge in [0.25, 0.3) is 0 Å². The molecule has 1 heterocycles. The first-order valence-corrected chi connectivity index (χ1v) is 3.99. The number of nitrogens with two attached hydrogens (primary N) is 1. The number of rotatable bonds is 3. The van der Waals surface area contributed by atoms with Gasteiger partial charge in [0.15, 0.2) is 0 Å². The monoisotopic (exact) mass is 183 g/mol. The zero-order valence-electron chi connectivity index (χ0n) is 7.69. The molecule has 0 amide bonds. The summed E-state index contributed by atoms with van der Waals surface area (Å²) in [5.41, 5.74) is 6.78. The molecule has 5 heteroatoms. The molecule has 0 saturated heterocycles. The molecule has 0 bridgehead atoms. The third-order valence-corrected chi connectivity index (χ3v) is 2.02. The lowest BCUT2D eigenvalue weighted by molar-refractivity contribution is -0.138. The molecule has 0 aliphatic rings. The number of aliphatic carboxylic acids is 1. The van der Waals surface area contributed by atoms with Gasteiger partial charge in [0.1, 0.15) is 5.92 Å². The van der Waals surface area contributed by atoms with Crippen LogP contribution in [-0.2, 0) is 11.8 Å². The van der Waals surface area contributed by atoms with Gasteiger partial charge in [-0.15, -0.1) is 0 Å². The van der Waals surface area contributed by atoms with E-state index in [1.807, 2.05) is 6.92 Å². The van der Waals surface area contributed by atoms with Crippen LogP contribution in [0, 0.1) is 6.92 Å². The highest BCUT2D eigenvalue weighted by Crippen LogP contribution is 2.13. The van der Waals surface area contributed by atoms with Crippen LogP contribution in [0.1, 0.15) is 17.3 Å². The summed E-state index contributed by atoms with van der Waals surface area (Å²) in [6, 6.07) is 1.74. The lowest BCUT2D eigenvalue weighted by Crippen LogP contribution is -2.21. The molecule has 0 fully saturated rings.